The summed E-state index contributed by atoms with van der Waals surface area (Å²) in [5, 5.41) is 5.72. The smallest absolute Gasteiger partial charge is 0.304 e. The number of hydrogen-bond donors (Lipinski definition) is 1. The van der Waals surface area contributed by atoms with Crippen LogP contribution in [-0.2, 0) is 26.1 Å². The third-order valence-electron chi connectivity index (χ3n) is 4.03. The first kappa shape index (κ1) is 16.4. The zero-order chi connectivity index (χ0) is 17.5. The molecule has 0 spiro atoms. The molecule has 2 heterocycles. The summed E-state index contributed by atoms with van der Waals surface area (Å²) in [6, 6.07) is 5.22. The van der Waals surface area contributed by atoms with Gasteiger partial charge in [-0.05, 0) is 30.0 Å². The fourth-order valence-corrected chi connectivity index (χ4v) is 2.86. The average molecular weight is 338 g/mol. The predicted molar refractivity (Wildman–Crippen MR) is 84.1 cm³/mol. The van der Waals surface area contributed by atoms with Crippen LogP contribution in [0, 0.1) is 0 Å². The van der Waals surface area contributed by atoms with E-state index in [0.29, 0.717) is 13.0 Å². The summed E-state index contributed by atoms with van der Waals surface area (Å²) in [6.45, 7) is 2.48. The maximum absolute atomic E-state index is 13.0. The van der Waals surface area contributed by atoms with Crippen molar-refractivity contribution < 1.29 is 18.0 Å². The number of halogens is 3. The first-order chi connectivity index (χ1) is 11.3. The number of urea groups is 1. The Labute approximate surface area is 137 Å². The number of aromatic nitrogens is 2. The molecule has 1 N–H and O–H groups in total. The average Bonchev–Trinajstić information content (AvgIpc) is 3.09. The largest absolute Gasteiger partial charge is 0.437 e. The number of hydrogen-bond acceptors (Lipinski definition) is 2. The lowest BCUT2D eigenvalue weighted by molar-refractivity contribution is -0.140. The minimum absolute atomic E-state index is 0.339. The highest BCUT2D eigenvalue weighted by atomic mass is 19.4. The second kappa shape index (κ2) is 5.85. The number of nitrogens with zero attached hydrogens (tertiary/aromatic N) is 3. The first-order valence-electron chi connectivity index (χ1n) is 7.60. The van der Waals surface area contributed by atoms with Crippen LogP contribution in [0.3, 0.4) is 0 Å². The van der Waals surface area contributed by atoms with Crippen molar-refractivity contribution in [1.29, 1.82) is 0 Å². The van der Waals surface area contributed by atoms with E-state index in [0.717, 1.165) is 28.6 Å². The number of alkyl halides is 3. The molecule has 0 bridgehead atoms. The van der Waals surface area contributed by atoms with Crippen LogP contribution in [0.15, 0.2) is 24.4 Å². The highest BCUT2D eigenvalue weighted by molar-refractivity contribution is 6.03. The van der Waals surface area contributed by atoms with E-state index in [4.69, 9.17) is 0 Å². The molecule has 0 fully saturated rings. The van der Waals surface area contributed by atoms with Crippen molar-refractivity contribution in [1.82, 2.24) is 9.78 Å². The van der Waals surface area contributed by atoms with Crippen molar-refractivity contribution in [2.24, 2.45) is 7.05 Å². The molecule has 8 heteroatoms. The van der Waals surface area contributed by atoms with Crippen LogP contribution < -0.4 is 10.2 Å². The van der Waals surface area contributed by atoms with Crippen LogP contribution >= 0.6 is 0 Å². The van der Waals surface area contributed by atoms with Crippen molar-refractivity contribution in [3.8, 4) is 0 Å². The lowest BCUT2D eigenvalue weighted by atomic mass is 10.1. The van der Waals surface area contributed by atoms with Crippen LogP contribution in [-0.4, -0.2) is 22.4 Å². The molecule has 0 unspecified atom stereocenters. The number of amides is 2. The van der Waals surface area contributed by atoms with Gasteiger partial charge in [-0.1, -0.05) is 19.1 Å². The van der Waals surface area contributed by atoms with Gasteiger partial charge in [0.15, 0.2) is 5.69 Å². The molecule has 2 aromatic rings. The van der Waals surface area contributed by atoms with Gasteiger partial charge in [0.25, 0.3) is 0 Å². The number of carbonyl (C=O) groups excluding carboxylic acids is 1. The van der Waals surface area contributed by atoms with Gasteiger partial charge in [0.2, 0.25) is 0 Å². The first-order valence-corrected chi connectivity index (χ1v) is 7.60. The van der Waals surface area contributed by atoms with E-state index in [-0.39, 0.29) is 5.69 Å². The van der Waals surface area contributed by atoms with E-state index >= 15 is 0 Å². The molecule has 1 aliphatic rings. The van der Waals surface area contributed by atoms with Gasteiger partial charge in [0, 0.05) is 25.5 Å². The molecule has 0 saturated heterocycles. The van der Waals surface area contributed by atoms with Crippen molar-refractivity contribution in [2.75, 3.05) is 16.8 Å². The summed E-state index contributed by atoms with van der Waals surface area (Å²) in [4.78, 5) is 13.9. The van der Waals surface area contributed by atoms with Crippen molar-refractivity contribution in [3.05, 3.63) is 41.2 Å². The highest BCUT2D eigenvalue weighted by Crippen LogP contribution is 2.34. The van der Waals surface area contributed by atoms with E-state index in [1.165, 1.54) is 17.5 Å². The number of anilines is 2. The molecule has 0 saturated carbocycles. The second-order valence-corrected chi connectivity index (χ2v) is 5.71. The Morgan fingerprint density at radius 2 is 2.12 bits per heavy atom. The van der Waals surface area contributed by atoms with Crippen molar-refractivity contribution in [3.63, 3.8) is 0 Å². The van der Waals surface area contributed by atoms with Gasteiger partial charge in [-0.2, -0.15) is 18.3 Å². The Hall–Kier alpha value is -2.51. The summed E-state index contributed by atoms with van der Waals surface area (Å²) >= 11 is 0. The van der Waals surface area contributed by atoms with Crippen LogP contribution in [0.5, 0.6) is 0 Å². The molecule has 3 rings (SSSR count). The third-order valence-corrected chi connectivity index (χ3v) is 4.03. The molecule has 2 amide bonds. The van der Waals surface area contributed by atoms with Gasteiger partial charge in [-0.15, -0.1) is 0 Å². The van der Waals surface area contributed by atoms with Gasteiger partial charge in [-0.25, -0.2) is 4.79 Å². The second-order valence-electron chi connectivity index (χ2n) is 5.71. The van der Waals surface area contributed by atoms with Crippen LogP contribution in [0.2, 0.25) is 0 Å². The summed E-state index contributed by atoms with van der Waals surface area (Å²) in [5.74, 6) is 0. The van der Waals surface area contributed by atoms with Crippen LogP contribution in [0.25, 0.3) is 0 Å². The summed E-state index contributed by atoms with van der Waals surface area (Å²) in [6.07, 6.45) is -1.89. The topological polar surface area (TPSA) is 50.2 Å². The Morgan fingerprint density at radius 1 is 1.38 bits per heavy atom. The minimum atomic E-state index is -4.62. The molecule has 24 heavy (non-hydrogen) atoms. The SMILES string of the molecule is CCc1ccc2c(c1)CCN2C(=O)Nc1cn(C)nc1C(F)(F)F. The Kier molecular flexibility index (Phi) is 3.98. The Bertz CT molecular complexity index is 782. The van der Waals surface area contributed by atoms with Gasteiger partial charge in [-0.3, -0.25) is 9.58 Å². The molecular weight excluding hydrogens is 321 g/mol. The molecule has 0 atom stereocenters. The lowest BCUT2D eigenvalue weighted by Crippen LogP contribution is -2.33. The van der Waals surface area contributed by atoms with Crippen LogP contribution in [0.1, 0.15) is 23.7 Å². The monoisotopic (exact) mass is 338 g/mol. The number of carbonyl (C=O) groups is 1. The van der Waals surface area contributed by atoms with E-state index in [9.17, 15) is 18.0 Å². The summed E-state index contributed by atoms with van der Waals surface area (Å²) in [5.41, 5.74) is 1.50. The molecular formula is C16H17F3N4O. The van der Waals surface area contributed by atoms with Crippen LogP contribution in [0.4, 0.5) is 29.3 Å². The fraction of sp³-hybridized carbons (Fsp3) is 0.375. The zero-order valence-corrected chi connectivity index (χ0v) is 13.3. The van der Waals surface area contributed by atoms with E-state index in [1.54, 1.807) is 0 Å². The van der Waals surface area contributed by atoms with Gasteiger partial charge >= 0.3 is 12.2 Å². The zero-order valence-electron chi connectivity index (χ0n) is 13.3. The highest BCUT2D eigenvalue weighted by Gasteiger charge is 2.38. The van der Waals surface area contributed by atoms with Crippen molar-refractivity contribution >= 4 is 17.4 Å². The number of benzene rings is 1. The minimum Gasteiger partial charge on any atom is -0.304 e. The Balaban J connectivity index is 1.83. The molecule has 1 aromatic carbocycles. The van der Waals surface area contributed by atoms with Gasteiger partial charge < -0.3 is 5.32 Å². The standard InChI is InChI=1S/C16H17F3N4O/c1-3-10-4-5-13-11(8-10)6-7-23(13)15(24)20-12-9-22(2)21-14(12)16(17,18)19/h4-5,8-9H,3,6-7H2,1-2H3,(H,20,24). The van der Waals surface area contributed by atoms with Crippen molar-refractivity contribution in [2.45, 2.75) is 25.9 Å². The van der Waals surface area contributed by atoms with E-state index in [2.05, 4.69) is 10.4 Å². The summed E-state index contributed by atoms with van der Waals surface area (Å²) in [7, 11) is 1.38. The van der Waals surface area contributed by atoms with Gasteiger partial charge in [0.05, 0.1) is 5.69 Å². The Morgan fingerprint density at radius 3 is 2.79 bits per heavy atom. The third kappa shape index (κ3) is 2.95. The predicted octanol–water partition coefficient (Wildman–Crippen LogP) is 3.60. The maximum Gasteiger partial charge on any atom is 0.437 e. The number of nitrogens with one attached hydrogen (secondary N) is 1. The fourth-order valence-electron chi connectivity index (χ4n) is 2.86. The molecule has 1 aromatic heterocycles. The molecule has 5 nitrogen and oxygen atoms in total. The number of rotatable bonds is 2. The van der Waals surface area contributed by atoms with E-state index in [1.807, 2.05) is 25.1 Å². The van der Waals surface area contributed by atoms with E-state index < -0.39 is 17.9 Å². The summed E-state index contributed by atoms with van der Waals surface area (Å²) < 4.78 is 39.9. The lowest BCUT2D eigenvalue weighted by Gasteiger charge is -2.18. The maximum atomic E-state index is 13.0. The number of fused-ring (bicyclic) bond motifs is 1. The molecule has 0 aliphatic carbocycles. The molecule has 0 radical (unpaired) electrons. The number of aryl methyl sites for hydroxylation is 2. The molecule has 1 aliphatic heterocycles. The quantitative estimate of drug-likeness (QED) is 0.910. The normalized spacial score (nSPS) is 14.0. The molecule has 128 valence electrons. The van der Waals surface area contributed by atoms with Gasteiger partial charge in [0.1, 0.15) is 0 Å².